The molecule has 1 aromatic heterocycles. The molecule has 0 aliphatic heterocycles. The maximum absolute atomic E-state index is 5.88. The molecule has 3 rings (SSSR count). The predicted molar refractivity (Wildman–Crippen MR) is 67.8 cm³/mol. The van der Waals surface area contributed by atoms with Gasteiger partial charge in [-0.25, -0.2) is 4.98 Å². The van der Waals surface area contributed by atoms with Crippen molar-refractivity contribution in [3.8, 4) is 11.4 Å². The van der Waals surface area contributed by atoms with E-state index in [0.29, 0.717) is 16.4 Å². The van der Waals surface area contributed by atoms with Gasteiger partial charge in [-0.15, -0.1) is 10.2 Å². The van der Waals surface area contributed by atoms with Gasteiger partial charge < -0.3 is 0 Å². The van der Waals surface area contributed by atoms with Crippen molar-refractivity contribution in [1.29, 1.82) is 0 Å². The van der Waals surface area contributed by atoms with Gasteiger partial charge in [-0.05, 0) is 18.2 Å². The van der Waals surface area contributed by atoms with Gasteiger partial charge in [0, 0.05) is 10.6 Å². The lowest BCUT2D eigenvalue weighted by Crippen LogP contribution is -1.93. The molecule has 0 radical (unpaired) electrons. The highest BCUT2D eigenvalue weighted by Gasteiger charge is 2.04. The lowest BCUT2D eigenvalue weighted by molar-refractivity contribution is 1.03. The zero-order valence-electron chi connectivity index (χ0n) is 8.84. The molecule has 0 aliphatic rings. The van der Waals surface area contributed by atoms with Crippen molar-refractivity contribution in [2.24, 2.45) is 0 Å². The summed E-state index contributed by atoms with van der Waals surface area (Å²) >= 11 is 5.88. The van der Waals surface area contributed by atoms with Gasteiger partial charge in [0.25, 0.3) is 0 Å². The molecule has 0 spiro atoms. The van der Waals surface area contributed by atoms with Crippen molar-refractivity contribution < 1.29 is 0 Å². The number of hydrogen-bond donors (Lipinski definition) is 0. The summed E-state index contributed by atoms with van der Waals surface area (Å²) in [4.78, 5) is 4.45. The normalized spacial score (nSPS) is 10.6. The first-order chi connectivity index (χ1) is 8.33. The summed E-state index contributed by atoms with van der Waals surface area (Å²) in [5.74, 6) is 0.625. The average Bonchev–Trinajstić information content (AvgIpc) is 2.39. The average molecular weight is 242 g/mol. The molecule has 1 heterocycles. The minimum atomic E-state index is 0.625. The molecule has 17 heavy (non-hydrogen) atoms. The Balaban J connectivity index is 2.17. The molecule has 2 aromatic carbocycles. The number of fused-ring (bicyclic) bond motifs is 1. The Morgan fingerprint density at radius 2 is 1.65 bits per heavy atom. The van der Waals surface area contributed by atoms with Crippen LogP contribution in [0.5, 0.6) is 0 Å². The zero-order valence-corrected chi connectivity index (χ0v) is 9.59. The van der Waals surface area contributed by atoms with E-state index >= 15 is 0 Å². The Kier molecular flexibility index (Phi) is 2.46. The van der Waals surface area contributed by atoms with Crippen LogP contribution in [0, 0.1) is 0 Å². The Morgan fingerprint density at radius 3 is 2.47 bits per heavy atom. The van der Waals surface area contributed by atoms with Crippen LogP contribution in [0.1, 0.15) is 0 Å². The molecule has 0 atom stereocenters. The second kappa shape index (κ2) is 4.11. The van der Waals surface area contributed by atoms with Crippen LogP contribution in [0.15, 0.2) is 48.5 Å². The molecule has 0 saturated carbocycles. The molecule has 0 bridgehead atoms. The van der Waals surface area contributed by atoms with Gasteiger partial charge >= 0.3 is 0 Å². The third-order valence-corrected chi connectivity index (χ3v) is 2.68. The highest BCUT2D eigenvalue weighted by molar-refractivity contribution is 6.31. The first-order valence-corrected chi connectivity index (χ1v) is 5.56. The summed E-state index contributed by atoms with van der Waals surface area (Å²) in [7, 11) is 0. The van der Waals surface area contributed by atoms with Crippen LogP contribution < -0.4 is 0 Å². The van der Waals surface area contributed by atoms with E-state index in [9.17, 15) is 0 Å². The molecule has 0 aliphatic carbocycles. The molecule has 3 nitrogen and oxygen atoms in total. The Bertz CT molecular complexity index is 668. The predicted octanol–water partition coefficient (Wildman–Crippen LogP) is 3.35. The van der Waals surface area contributed by atoms with Crippen LogP contribution in [-0.2, 0) is 0 Å². The quantitative estimate of drug-likeness (QED) is 0.656. The molecule has 0 amide bonds. The maximum Gasteiger partial charge on any atom is 0.182 e. The summed E-state index contributed by atoms with van der Waals surface area (Å²) in [6.07, 6.45) is 0. The van der Waals surface area contributed by atoms with Crippen LogP contribution in [0.4, 0.5) is 0 Å². The molecular weight excluding hydrogens is 234 g/mol. The summed E-state index contributed by atoms with van der Waals surface area (Å²) < 4.78 is 0. The van der Waals surface area contributed by atoms with E-state index in [1.807, 2.05) is 36.4 Å². The summed E-state index contributed by atoms with van der Waals surface area (Å²) in [5.41, 5.74) is 2.46. The number of rotatable bonds is 1. The lowest BCUT2D eigenvalue weighted by atomic mass is 10.2. The molecule has 3 aromatic rings. The van der Waals surface area contributed by atoms with Gasteiger partial charge in [-0.1, -0.05) is 41.9 Å². The third kappa shape index (κ3) is 1.97. The van der Waals surface area contributed by atoms with Crippen molar-refractivity contribution in [3.63, 3.8) is 0 Å². The Hall–Kier alpha value is -2.00. The fourth-order valence-electron chi connectivity index (χ4n) is 1.62. The fraction of sp³-hybridized carbons (Fsp3) is 0. The van der Waals surface area contributed by atoms with Gasteiger partial charge in [0.1, 0.15) is 5.52 Å². The van der Waals surface area contributed by atoms with E-state index in [2.05, 4.69) is 15.2 Å². The topological polar surface area (TPSA) is 38.7 Å². The molecule has 82 valence electrons. The molecule has 0 N–H and O–H groups in total. The number of benzene rings is 2. The van der Waals surface area contributed by atoms with E-state index in [4.69, 9.17) is 11.6 Å². The first kappa shape index (κ1) is 10.2. The second-order valence-electron chi connectivity index (χ2n) is 3.63. The van der Waals surface area contributed by atoms with E-state index in [1.54, 1.807) is 12.1 Å². The zero-order chi connectivity index (χ0) is 11.7. The van der Waals surface area contributed by atoms with Crippen LogP contribution in [0.3, 0.4) is 0 Å². The van der Waals surface area contributed by atoms with Crippen molar-refractivity contribution >= 4 is 22.6 Å². The standard InChI is InChI=1S/C13H8ClN3/c14-10-6-7-11-12(8-10)16-17-13(15-11)9-4-2-1-3-5-9/h1-8H. The molecule has 4 heteroatoms. The Morgan fingerprint density at radius 1 is 0.824 bits per heavy atom. The van der Waals surface area contributed by atoms with Crippen molar-refractivity contribution in [2.45, 2.75) is 0 Å². The van der Waals surface area contributed by atoms with E-state index in [-0.39, 0.29) is 0 Å². The van der Waals surface area contributed by atoms with Crippen LogP contribution in [0.2, 0.25) is 5.02 Å². The molecule has 0 unspecified atom stereocenters. The largest absolute Gasteiger partial charge is 0.225 e. The minimum absolute atomic E-state index is 0.625. The minimum Gasteiger partial charge on any atom is -0.225 e. The van der Waals surface area contributed by atoms with E-state index < -0.39 is 0 Å². The molecule has 0 saturated heterocycles. The van der Waals surface area contributed by atoms with Crippen LogP contribution in [0.25, 0.3) is 22.4 Å². The van der Waals surface area contributed by atoms with Crippen molar-refractivity contribution in [2.75, 3.05) is 0 Å². The monoisotopic (exact) mass is 241 g/mol. The SMILES string of the molecule is Clc1ccc2nc(-c3ccccc3)nnc2c1. The third-order valence-electron chi connectivity index (χ3n) is 2.45. The van der Waals surface area contributed by atoms with Crippen LogP contribution in [-0.4, -0.2) is 15.2 Å². The molecular formula is C13H8ClN3. The summed E-state index contributed by atoms with van der Waals surface area (Å²) in [6, 6.07) is 15.2. The number of aromatic nitrogens is 3. The van der Waals surface area contributed by atoms with Gasteiger partial charge in [0.05, 0.1) is 5.52 Å². The van der Waals surface area contributed by atoms with Gasteiger partial charge in [-0.3, -0.25) is 0 Å². The number of nitrogens with zero attached hydrogens (tertiary/aromatic N) is 3. The van der Waals surface area contributed by atoms with E-state index in [0.717, 1.165) is 11.1 Å². The van der Waals surface area contributed by atoms with E-state index in [1.165, 1.54) is 0 Å². The summed E-state index contributed by atoms with van der Waals surface area (Å²) in [5, 5.41) is 8.86. The molecule has 0 fully saturated rings. The maximum atomic E-state index is 5.88. The smallest absolute Gasteiger partial charge is 0.182 e. The fourth-order valence-corrected chi connectivity index (χ4v) is 1.78. The summed E-state index contributed by atoms with van der Waals surface area (Å²) in [6.45, 7) is 0. The Labute approximate surface area is 103 Å². The van der Waals surface area contributed by atoms with Crippen molar-refractivity contribution in [1.82, 2.24) is 15.2 Å². The van der Waals surface area contributed by atoms with Crippen molar-refractivity contribution in [3.05, 3.63) is 53.6 Å². The highest BCUT2D eigenvalue weighted by atomic mass is 35.5. The van der Waals surface area contributed by atoms with Gasteiger partial charge in [0.2, 0.25) is 0 Å². The van der Waals surface area contributed by atoms with Crippen LogP contribution >= 0.6 is 11.6 Å². The second-order valence-corrected chi connectivity index (χ2v) is 4.07. The van der Waals surface area contributed by atoms with Gasteiger partial charge in [0.15, 0.2) is 5.82 Å². The number of hydrogen-bond acceptors (Lipinski definition) is 3. The first-order valence-electron chi connectivity index (χ1n) is 5.18. The van der Waals surface area contributed by atoms with Gasteiger partial charge in [-0.2, -0.15) is 0 Å². The lowest BCUT2D eigenvalue weighted by Gasteiger charge is -2.01. The number of halogens is 1. The highest BCUT2D eigenvalue weighted by Crippen LogP contribution is 2.18.